The lowest BCUT2D eigenvalue weighted by atomic mass is 10.1. The summed E-state index contributed by atoms with van der Waals surface area (Å²) in [6, 6.07) is 2.14. The summed E-state index contributed by atoms with van der Waals surface area (Å²) in [4.78, 5) is 6.13. The zero-order chi connectivity index (χ0) is 13.2. The summed E-state index contributed by atoms with van der Waals surface area (Å²) >= 11 is 3.54. The van der Waals surface area contributed by atoms with Crippen LogP contribution in [0.1, 0.15) is 38.3 Å². The number of nitrogens with zero attached hydrogens (tertiary/aromatic N) is 1. The molecule has 0 aliphatic rings. The van der Waals surface area contributed by atoms with Crippen molar-refractivity contribution in [3.8, 4) is 10.6 Å². The third-order valence-electron chi connectivity index (χ3n) is 2.66. The summed E-state index contributed by atoms with van der Waals surface area (Å²) in [5, 5.41) is 8.97. The largest absolute Gasteiger partial charge is 0.307 e. The van der Waals surface area contributed by atoms with Crippen molar-refractivity contribution < 1.29 is 0 Å². The minimum Gasteiger partial charge on any atom is -0.307 e. The summed E-state index contributed by atoms with van der Waals surface area (Å²) in [7, 11) is 0. The molecule has 0 saturated heterocycles. The van der Waals surface area contributed by atoms with E-state index in [1.165, 1.54) is 16.1 Å². The number of hydrogen-bond donors (Lipinski definition) is 1. The normalized spacial score (nSPS) is 12.0. The Morgan fingerprint density at radius 1 is 1.33 bits per heavy atom. The molecular formula is C14H20N2S2. The number of aromatic nitrogens is 1. The maximum atomic E-state index is 4.76. The van der Waals surface area contributed by atoms with Gasteiger partial charge in [-0.3, -0.25) is 0 Å². The van der Waals surface area contributed by atoms with E-state index in [4.69, 9.17) is 4.98 Å². The van der Waals surface area contributed by atoms with Crippen LogP contribution >= 0.6 is 22.7 Å². The number of rotatable bonds is 4. The molecule has 2 nitrogen and oxygen atoms in total. The Hall–Kier alpha value is -0.710. The van der Waals surface area contributed by atoms with Crippen molar-refractivity contribution >= 4 is 22.7 Å². The molecule has 0 aromatic carbocycles. The number of aryl methyl sites for hydroxylation is 1. The van der Waals surface area contributed by atoms with Gasteiger partial charge in [-0.15, -0.1) is 11.3 Å². The first-order chi connectivity index (χ1) is 8.49. The van der Waals surface area contributed by atoms with Crippen molar-refractivity contribution in [2.75, 3.05) is 0 Å². The van der Waals surface area contributed by atoms with Crippen LogP contribution in [0.2, 0.25) is 0 Å². The summed E-state index contributed by atoms with van der Waals surface area (Å²) < 4.78 is 0. The van der Waals surface area contributed by atoms with E-state index in [2.05, 4.69) is 49.8 Å². The Balaban J connectivity index is 2.20. The molecule has 1 N–H and O–H groups in total. The second kappa shape index (κ2) is 5.51. The maximum absolute atomic E-state index is 4.76. The number of thiazole rings is 1. The van der Waals surface area contributed by atoms with Gasteiger partial charge in [0.2, 0.25) is 0 Å². The fourth-order valence-electron chi connectivity index (χ4n) is 1.65. The minimum atomic E-state index is 0.150. The van der Waals surface area contributed by atoms with Crippen LogP contribution in [-0.4, -0.2) is 10.5 Å². The van der Waals surface area contributed by atoms with Gasteiger partial charge in [-0.25, -0.2) is 4.98 Å². The molecule has 98 valence electrons. The lowest BCUT2D eigenvalue weighted by Crippen LogP contribution is -2.35. The Bertz CT molecular complexity index is 492. The van der Waals surface area contributed by atoms with Gasteiger partial charge in [-0.1, -0.05) is 6.92 Å². The molecule has 0 unspecified atom stereocenters. The highest BCUT2D eigenvalue weighted by atomic mass is 32.1. The van der Waals surface area contributed by atoms with Crippen molar-refractivity contribution in [3.05, 3.63) is 27.4 Å². The first-order valence-electron chi connectivity index (χ1n) is 6.26. The van der Waals surface area contributed by atoms with Gasteiger partial charge in [0.15, 0.2) is 0 Å². The Kier molecular flexibility index (Phi) is 4.20. The maximum Gasteiger partial charge on any atom is 0.124 e. The minimum absolute atomic E-state index is 0.150. The molecule has 0 amide bonds. The highest BCUT2D eigenvalue weighted by Gasteiger charge is 2.14. The average molecular weight is 280 g/mol. The van der Waals surface area contributed by atoms with Crippen LogP contribution in [0.3, 0.4) is 0 Å². The monoisotopic (exact) mass is 280 g/mol. The van der Waals surface area contributed by atoms with Crippen molar-refractivity contribution in [1.82, 2.24) is 10.3 Å². The van der Waals surface area contributed by atoms with Crippen molar-refractivity contribution in [1.29, 1.82) is 0 Å². The van der Waals surface area contributed by atoms with Crippen LogP contribution < -0.4 is 5.32 Å². The predicted octanol–water partition coefficient (Wildman–Crippen LogP) is 4.32. The zero-order valence-corrected chi connectivity index (χ0v) is 13.0. The van der Waals surface area contributed by atoms with Gasteiger partial charge in [-0.2, -0.15) is 11.3 Å². The molecule has 0 spiro atoms. The number of nitrogens with one attached hydrogen (secondary N) is 1. The second-order valence-corrected chi connectivity index (χ2v) is 7.22. The smallest absolute Gasteiger partial charge is 0.124 e. The second-order valence-electron chi connectivity index (χ2n) is 5.36. The van der Waals surface area contributed by atoms with E-state index in [1.807, 2.05) is 11.3 Å². The molecule has 0 atom stereocenters. The fourth-order valence-corrected chi connectivity index (χ4v) is 3.45. The van der Waals surface area contributed by atoms with Crippen LogP contribution in [0.5, 0.6) is 0 Å². The predicted molar refractivity (Wildman–Crippen MR) is 81.4 cm³/mol. The third kappa shape index (κ3) is 3.40. The quantitative estimate of drug-likeness (QED) is 0.902. The van der Waals surface area contributed by atoms with Crippen molar-refractivity contribution in [3.63, 3.8) is 0 Å². The van der Waals surface area contributed by atoms with E-state index in [1.54, 1.807) is 11.3 Å². The van der Waals surface area contributed by atoms with E-state index in [-0.39, 0.29) is 5.54 Å². The summed E-state index contributed by atoms with van der Waals surface area (Å²) in [5.41, 5.74) is 2.64. The van der Waals surface area contributed by atoms with Gasteiger partial charge in [0, 0.05) is 27.9 Å². The third-order valence-corrected chi connectivity index (χ3v) is 4.49. The van der Waals surface area contributed by atoms with Gasteiger partial charge in [-0.05, 0) is 38.6 Å². The lowest BCUT2D eigenvalue weighted by Gasteiger charge is -2.20. The molecule has 0 fully saturated rings. The highest BCUT2D eigenvalue weighted by molar-refractivity contribution is 7.15. The van der Waals surface area contributed by atoms with Gasteiger partial charge in [0.1, 0.15) is 5.01 Å². The fraction of sp³-hybridized carbons (Fsp3) is 0.500. The van der Waals surface area contributed by atoms with Crippen LogP contribution in [0.25, 0.3) is 10.6 Å². The molecule has 0 bridgehead atoms. The van der Waals surface area contributed by atoms with Gasteiger partial charge in [0.05, 0.1) is 5.69 Å². The molecule has 2 aromatic rings. The molecule has 18 heavy (non-hydrogen) atoms. The summed E-state index contributed by atoms with van der Waals surface area (Å²) in [6.45, 7) is 9.67. The summed E-state index contributed by atoms with van der Waals surface area (Å²) in [6.07, 6.45) is 1.00. The molecule has 0 radical (unpaired) electrons. The molecule has 2 rings (SSSR count). The standard InChI is InChI=1S/C14H20N2S2/c1-5-11-12(8-15-14(2,3)4)18-13(16-11)10-6-7-17-9-10/h6-7,9,15H,5,8H2,1-4H3. The topological polar surface area (TPSA) is 24.9 Å². The van der Waals surface area contributed by atoms with Crippen LogP contribution in [0, 0.1) is 0 Å². The molecule has 0 aliphatic carbocycles. The number of hydrogen-bond acceptors (Lipinski definition) is 4. The molecule has 2 heterocycles. The van der Waals surface area contributed by atoms with E-state index >= 15 is 0 Å². The number of thiophene rings is 1. The Labute approximate surface area is 117 Å². The zero-order valence-electron chi connectivity index (χ0n) is 11.4. The molecular weight excluding hydrogens is 260 g/mol. The first-order valence-corrected chi connectivity index (χ1v) is 8.01. The average Bonchev–Trinajstić information content (AvgIpc) is 2.94. The van der Waals surface area contributed by atoms with Gasteiger partial charge < -0.3 is 5.32 Å². The van der Waals surface area contributed by atoms with E-state index in [0.717, 1.165) is 18.0 Å². The van der Waals surface area contributed by atoms with Gasteiger partial charge in [0.25, 0.3) is 0 Å². The highest BCUT2D eigenvalue weighted by Crippen LogP contribution is 2.30. The first kappa shape index (κ1) is 13.7. The molecule has 0 saturated carbocycles. The van der Waals surface area contributed by atoms with E-state index in [9.17, 15) is 0 Å². The van der Waals surface area contributed by atoms with E-state index in [0.29, 0.717) is 0 Å². The van der Waals surface area contributed by atoms with E-state index < -0.39 is 0 Å². The van der Waals surface area contributed by atoms with Crippen LogP contribution in [0.15, 0.2) is 16.8 Å². The molecule has 2 aromatic heterocycles. The summed E-state index contributed by atoms with van der Waals surface area (Å²) in [5.74, 6) is 0. The van der Waals surface area contributed by atoms with Gasteiger partial charge >= 0.3 is 0 Å². The molecule has 0 aliphatic heterocycles. The lowest BCUT2D eigenvalue weighted by molar-refractivity contribution is 0.425. The van der Waals surface area contributed by atoms with Crippen LogP contribution in [0.4, 0.5) is 0 Å². The van der Waals surface area contributed by atoms with Crippen LogP contribution in [-0.2, 0) is 13.0 Å². The van der Waals surface area contributed by atoms with Crippen molar-refractivity contribution in [2.45, 2.75) is 46.2 Å². The Morgan fingerprint density at radius 2 is 2.11 bits per heavy atom. The SMILES string of the molecule is CCc1nc(-c2ccsc2)sc1CNC(C)(C)C. The Morgan fingerprint density at radius 3 is 2.67 bits per heavy atom. The van der Waals surface area contributed by atoms with Crippen molar-refractivity contribution in [2.24, 2.45) is 0 Å². The molecule has 4 heteroatoms.